The van der Waals surface area contributed by atoms with Gasteiger partial charge in [0.2, 0.25) is 5.91 Å². The van der Waals surface area contributed by atoms with Gasteiger partial charge in [0.25, 0.3) is 6.01 Å². The van der Waals surface area contributed by atoms with Gasteiger partial charge in [-0.05, 0) is 37.0 Å². The van der Waals surface area contributed by atoms with E-state index >= 15 is 0 Å². The first-order chi connectivity index (χ1) is 12.8. The minimum Gasteiger partial charge on any atom is -0.423 e. The second-order valence-corrected chi connectivity index (χ2v) is 6.78. The van der Waals surface area contributed by atoms with Crippen LogP contribution in [0.1, 0.15) is 24.8 Å². The Morgan fingerprint density at radius 3 is 2.58 bits per heavy atom. The van der Waals surface area contributed by atoms with Gasteiger partial charge in [-0.25, -0.2) is 0 Å². The molecule has 0 aliphatic carbocycles. The lowest BCUT2D eigenvalue weighted by Gasteiger charge is -2.31. The molecule has 1 fully saturated rings. The van der Waals surface area contributed by atoms with Crippen molar-refractivity contribution in [1.82, 2.24) is 10.3 Å². The molecule has 0 atom stereocenters. The molecule has 1 aliphatic heterocycles. The van der Waals surface area contributed by atoms with Gasteiger partial charge in [-0.3, -0.25) is 4.79 Å². The highest BCUT2D eigenvalue weighted by Gasteiger charge is 2.23. The van der Waals surface area contributed by atoms with Crippen LogP contribution in [0.5, 0.6) is 0 Å². The lowest BCUT2D eigenvalue weighted by Crippen LogP contribution is -2.44. The molecule has 5 heteroatoms. The molecule has 26 heavy (non-hydrogen) atoms. The van der Waals surface area contributed by atoms with Gasteiger partial charge in [0, 0.05) is 25.6 Å². The fourth-order valence-corrected chi connectivity index (χ4v) is 3.41. The van der Waals surface area contributed by atoms with Crippen molar-refractivity contribution in [2.75, 3.05) is 18.0 Å². The van der Waals surface area contributed by atoms with Gasteiger partial charge in [0.15, 0.2) is 5.58 Å². The van der Waals surface area contributed by atoms with Crippen LogP contribution in [-0.4, -0.2) is 30.0 Å². The third-order valence-electron chi connectivity index (χ3n) is 4.90. The van der Waals surface area contributed by atoms with Crippen LogP contribution in [0.2, 0.25) is 0 Å². The monoisotopic (exact) mass is 349 g/mol. The van der Waals surface area contributed by atoms with Gasteiger partial charge in [0.1, 0.15) is 5.52 Å². The first-order valence-corrected chi connectivity index (χ1v) is 9.22. The van der Waals surface area contributed by atoms with Gasteiger partial charge in [0.05, 0.1) is 0 Å². The summed E-state index contributed by atoms with van der Waals surface area (Å²) in [6.45, 7) is 1.69. The molecule has 1 aromatic heterocycles. The largest absolute Gasteiger partial charge is 0.423 e. The number of hydrogen-bond donors (Lipinski definition) is 1. The van der Waals surface area contributed by atoms with Crippen LogP contribution in [0.15, 0.2) is 59.0 Å². The van der Waals surface area contributed by atoms with Crippen LogP contribution in [-0.2, 0) is 11.2 Å². The fraction of sp³-hybridized carbons (Fsp3) is 0.333. The number of fused-ring (bicyclic) bond motifs is 1. The number of benzene rings is 2. The van der Waals surface area contributed by atoms with E-state index in [1.165, 1.54) is 5.56 Å². The maximum atomic E-state index is 12.2. The summed E-state index contributed by atoms with van der Waals surface area (Å²) in [5.74, 6) is 0.133. The molecule has 2 heterocycles. The summed E-state index contributed by atoms with van der Waals surface area (Å²) in [4.78, 5) is 18.9. The zero-order valence-corrected chi connectivity index (χ0v) is 14.7. The molecule has 2 aromatic carbocycles. The number of rotatable bonds is 5. The number of nitrogens with one attached hydrogen (secondary N) is 1. The molecular weight excluding hydrogens is 326 g/mol. The van der Waals surface area contributed by atoms with Gasteiger partial charge in [-0.2, -0.15) is 4.98 Å². The Labute approximate surface area is 153 Å². The molecule has 134 valence electrons. The van der Waals surface area contributed by atoms with Crippen LogP contribution in [0.25, 0.3) is 11.1 Å². The van der Waals surface area contributed by atoms with Gasteiger partial charge < -0.3 is 14.6 Å². The zero-order chi connectivity index (χ0) is 17.8. The smallest absolute Gasteiger partial charge is 0.298 e. The Morgan fingerprint density at radius 2 is 1.81 bits per heavy atom. The average Bonchev–Trinajstić information content (AvgIpc) is 3.12. The highest BCUT2D eigenvalue weighted by Crippen LogP contribution is 2.24. The Morgan fingerprint density at radius 1 is 1.08 bits per heavy atom. The molecule has 1 aliphatic rings. The molecule has 0 unspecified atom stereocenters. The fourth-order valence-electron chi connectivity index (χ4n) is 3.41. The standard InChI is InChI=1S/C21H23N3O2/c25-20(11-10-16-6-2-1-3-7-16)22-17-12-14-24(15-13-17)21-23-18-8-4-5-9-19(18)26-21/h1-9,17H,10-15H2,(H,22,25). The van der Waals surface area contributed by atoms with Crippen molar-refractivity contribution in [3.63, 3.8) is 0 Å². The molecular formula is C21H23N3O2. The van der Waals surface area contributed by atoms with Crippen molar-refractivity contribution < 1.29 is 9.21 Å². The second kappa shape index (κ2) is 7.60. The summed E-state index contributed by atoms with van der Waals surface area (Å²) in [6.07, 6.45) is 3.15. The van der Waals surface area contributed by atoms with Crippen LogP contribution in [0.3, 0.4) is 0 Å². The number of carbonyl (C=O) groups is 1. The van der Waals surface area contributed by atoms with E-state index in [0.717, 1.165) is 43.5 Å². The van der Waals surface area contributed by atoms with E-state index < -0.39 is 0 Å². The van der Waals surface area contributed by atoms with Gasteiger partial charge >= 0.3 is 0 Å². The van der Waals surface area contributed by atoms with Crippen LogP contribution in [0.4, 0.5) is 6.01 Å². The van der Waals surface area contributed by atoms with Crippen molar-refractivity contribution >= 4 is 23.0 Å². The Kier molecular flexibility index (Phi) is 4.86. The van der Waals surface area contributed by atoms with E-state index in [4.69, 9.17) is 4.42 Å². The number of piperidine rings is 1. The zero-order valence-electron chi connectivity index (χ0n) is 14.7. The summed E-state index contributed by atoms with van der Waals surface area (Å²) < 4.78 is 5.84. The Hall–Kier alpha value is -2.82. The lowest BCUT2D eigenvalue weighted by molar-refractivity contribution is -0.121. The van der Waals surface area contributed by atoms with Crippen molar-refractivity contribution in [2.24, 2.45) is 0 Å². The molecule has 1 N–H and O–H groups in total. The Balaban J connectivity index is 1.26. The SMILES string of the molecule is O=C(CCc1ccccc1)NC1CCN(c2nc3ccccc3o2)CC1. The normalized spacial score (nSPS) is 15.3. The van der Waals surface area contributed by atoms with Crippen LogP contribution < -0.4 is 10.2 Å². The lowest BCUT2D eigenvalue weighted by atomic mass is 10.0. The quantitative estimate of drug-likeness (QED) is 0.765. The molecule has 1 saturated heterocycles. The molecule has 1 amide bonds. The number of aryl methyl sites for hydroxylation is 1. The maximum Gasteiger partial charge on any atom is 0.298 e. The minimum absolute atomic E-state index is 0.133. The first-order valence-electron chi connectivity index (χ1n) is 9.22. The molecule has 0 saturated carbocycles. The van der Waals surface area contributed by atoms with E-state index in [1.807, 2.05) is 42.5 Å². The summed E-state index contributed by atoms with van der Waals surface area (Å²) in [5.41, 5.74) is 2.91. The van der Waals surface area contributed by atoms with Crippen LogP contribution in [0, 0.1) is 0 Å². The molecule has 5 nitrogen and oxygen atoms in total. The first kappa shape index (κ1) is 16.6. The summed E-state index contributed by atoms with van der Waals surface area (Å²) in [7, 11) is 0. The van der Waals surface area contributed by atoms with Crippen molar-refractivity contribution in [2.45, 2.75) is 31.7 Å². The third kappa shape index (κ3) is 3.87. The van der Waals surface area contributed by atoms with Gasteiger partial charge in [-0.1, -0.05) is 42.5 Å². The molecule has 0 radical (unpaired) electrons. The van der Waals surface area contributed by atoms with Gasteiger partial charge in [-0.15, -0.1) is 0 Å². The van der Waals surface area contributed by atoms with E-state index in [0.29, 0.717) is 12.4 Å². The molecule has 0 bridgehead atoms. The third-order valence-corrected chi connectivity index (χ3v) is 4.90. The molecule has 3 aromatic rings. The summed E-state index contributed by atoms with van der Waals surface area (Å²) in [6, 6.07) is 18.9. The maximum absolute atomic E-state index is 12.2. The number of para-hydroxylation sites is 2. The highest BCUT2D eigenvalue weighted by atomic mass is 16.4. The number of aromatic nitrogens is 1. The number of amides is 1. The predicted octanol–water partition coefficient (Wildman–Crippen LogP) is 3.55. The van der Waals surface area contributed by atoms with E-state index in [2.05, 4.69) is 27.3 Å². The molecule has 0 spiro atoms. The average molecular weight is 349 g/mol. The van der Waals surface area contributed by atoms with E-state index in [-0.39, 0.29) is 11.9 Å². The minimum atomic E-state index is 0.133. The topological polar surface area (TPSA) is 58.4 Å². The molecule has 4 rings (SSSR count). The van der Waals surface area contributed by atoms with Crippen molar-refractivity contribution in [3.05, 3.63) is 60.2 Å². The number of carbonyl (C=O) groups excluding carboxylic acids is 1. The number of anilines is 1. The summed E-state index contributed by atoms with van der Waals surface area (Å²) >= 11 is 0. The summed E-state index contributed by atoms with van der Waals surface area (Å²) in [5, 5.41) is 3.17. The van der Waals surface area contributed by atoms with E-state index in [1.54, 1.807) is 0 Å². The highest BCUT2D eigenvalue weighted by molar-refractivity contribution is 5.76. The number of hydrogen-bond acceptors (Lipinski definition) is 4. The van der Waals surface area contributed by atoms with Crippen LogP contribution >= 0.6 is 0 Å². The number of nitrogens with zero attached hydrogens (tertiary/aromatic N) is 2. The predicted molar refractivity (Wildman–Crippen MR) is 102 cm³/mol. The Bertz CT molecular complexity index is 834. The van der Waals surface area contributed by atoms with Crippen molar-refractivity contribution in [3.8, 4) is 0 Å². The number of oxazole rings is 1. The van der Waals surface area contributed by atoms with Crippen molar-refractivity contribution in [1.29, 1.82) is 0 Å². The van der Waals surface area contributed by atoms with E-state index in [9.17, 15) is 4.79 Å². The second-order valence-electron chi connectivity index (χ2n) is 6.78.